The Hall–Kier alpha value is -3.04. The van der Waals surface area contributed by atoms with E-state index < -0.39 is 16.7 Å². The van der Waals surface area contributed by atoms with Crippen LogP contribution in [0.3, 0.4) is 0 Å². The van der Waals surface area contributed by atoms with Crippen molar-refractivity contribution >= 4 is 39.5 Å². The monoisotopic (exact) mass is 475 g/mol. The minimum absolute atomic E-state index is 0.0953. The average Bonchev–Trinajstić information content (AvgIpc) is 2.72. The van der Waals surface area contributed by atoms with Gasteiger partial charge in [0.1, 0.15) is 5.70 Å². The van der Waals surface area contributed by atoms with Crippen molar-refractivity contribution in [2.75, 3.05) is 27.2 Å². The number of quaternary nitrogens is 1. The lowest BCUT2D eigenvalue weighted by atomic mass is 10.1. The van der Waals surface area contributed by atoms with Gasteiger partial charge < -0.3 is 15.5 Å². The fraction of sp³-hybridized carbons (Fsp3) is 0.238. The van der Waals surface area contributed by atoms with Crippen LogP contribution >= 0.6 is 15.9 Å². The van der Waals surface area contributed by atoms with Crippen molar-refractivity contribution in [2.24, 2.45) is 0 Å². The molecule has 3 N–H and O–H groups in total. The summed E-state index contributed by atoms with van der Waals surface area (Å²) in [6, 6.07) is 12.5. The van der Waals surface area contributed by atoms with E-state index in [1.165, 1.54) is 29.2 Å². The lowest BCUT2D eigenvalue weighted by Gasteiger charge is -2.12. The van der Waals surface area contributed by atoms with E-state index in [9.17, 15) is 19.7 Å². The molecule has 2 aromatic carbocycles. The van der Waals surface area contributed by atoms with E-state index in [1.54, 1.807) is 6.08 Å². The van der Waals surface area contributed by atoms with Crippen LogP contribution in [-0.4, -0.2) is 43.9 Å². The second-order valence-corrected chi connectivity index (χ2v) is 7.85. The molecule has 0 heterocycles. The fourth-order valence-electron chi connectivity index (χ4n) is 2.55. The number of hydrogen-bond donors (Lipinski definition) is 3. The van der Waals surface area contributed by atoms with Crippen LogP contribution in [0.4, 0.5) is 5.69 Å². The van der Waals surface area contributed by atoms with E-state index in [-0.39, 0.29) is 16.9 Å². The number of hydrogen-bond acceptors (Lipinski definition) is 4. The second kappa shape index (κ2) is 11.2. The van der Waals surface area contributed by atoms with Crippen molar-refractivity contribution in [3.63, 3.8) is 0 Å². The van der Waals surface area contributed by atoms with E-state index in [4.69, 9.17) is 0 Å². The summed E-state index contributed by atoms with van der Waals surface area (Å²) >= 11 is 3.36. The number of carbonyl (C=O) groups is 2. The molecule has 0 saturated heterocycles. The molecule has 0 atom stereocenters. The zero-order valence-electron chi connectivity index (χ0n) is 16.8. The highest BCUT2D eigenvalue weighted by molar-refractivity contribution is 9.10. The Morgan fingerprint density at radius 1 is 1.10 bits per heavy atom. The first kappa shape index (κ1) is 23.2. The molecule has 0 aliphatic rings. The van der Waals surface area contributed by atoms with Gasteiger partial charge in [-0.2, -0.15) is 0 Å². The number of nitrogens with one attached hydrogen (secondary N) is 3. The third-order valence-electron chi connectivity index (χ3n) is 4.15. The third kappa shape index (κ3) is 7.41. The highest BCUT2D eigenvalue weighted by Crippen LogP contribution is 2.14. The lowest BCUT2D eigenvalue weighted by molar-refractivity contribution is -0.858. The SMILES string of the molecule is C[NH+](C)CCCNC(=O)/C(=C\c1ccc(Br)cc1)NC(=O)c1ccc([N+](=O)[O-])cc1. The van der Waals surface area contributed by atoms with Crippen molar-refractivity contribution in [2.45, 2.75) is 6.42 Å². The summed E-state index contributed by atoms with van der Waals surface area (Å²) < 4.78 is 0.895. The number of nitrogens with zero attached hydrogens (tertiary/aromatic N) is 1. The first-order chi connectivity index (χ1) is 14.3. The predicted octanol–water partition coefficient (Wildman–Crippen LogP) is 1.78. The molecule has 2 rings (SSSR count). The smallest absolute Gasteiger partial charge is 0.269 e. The molecule has 2 aromatic rings. The zero-order valence-corrected chi connectivity index (χ0v) is 18.4. The van der Waals surface area contributed by atoms with Crippen molar-refractivity contribution < 1.29 is 19.4 Å². The molecule has 0 unspecified atom stereocenters. The maximum atomic E-state index is 12.7. The molecule has 0 aromatic heterocycles. The fourth-order valence-corrected chi connectivity index (χ4v) is 2.82. The quantitative estimate of drug-likeness (QED) is 0.222. The van der Waals surface area contributed by atoms with Crippen molar-refractivity contribution in [1.82, 2.24) is 10.6 Å². The Morgan fingerprint density at radius 3 is 2.30 bits per heavy atom. The molecule has 158 valence electrons. The van der Waals surface area contributed by atoms with Gasteiger partial charge in [0.25, 0.3) is 17.5 Å². The number of amides is 2. The maximum absolute atomic E-state index is 12.7. The van der Waals surface area contributed by atoms with Gasteiger partial charge >= 0.3 is 0 Å². The van der Waals surface area contributed by atoms with E-state index in [0.717, 1.165) is 23.0 Å². The van der Waals surface area contributed by atoms with Gasteiger partial charge in [0.2, 0.25) is 0 Å². The Labute approximate surface area is 183 Å². The summed E-state index contributed by atoms with van der Waals surface area (Å²) in [4.78, 5) is 36.8. The lowest BCUT2D eigenvalue weighted by Crippen LogP contribution is -3.05. The zero-order chi connectivity index (χ0) is 22.1. The minimum atomic E-state index is -0.538. The van der Waals surface area contributed by atoms with Gasteiger partial charge in [-0.3, -0.25) is 19.7 Å². The summed E-state index contributed by atoms with van der Waals surface area (Å²) in [5.74, 6) is -0.928. The highest BCUT2D eigenvalue weighted by atomic mass is 79.9. The summed E-state index contributed by atoms with van der Waals surface area (Å²) in [6.45, 7) is 1.39. The van der Waals surface area contributed by atoms with Crippen LogP contribution in [-0.2, 0) is 4.79 Å². The normalized spacial score (nSPS) is 11.3. The van der Waals surface area contributed by atoms with Gasteiger partial charge in [0, 0.05) is 35.1 Å². The molecule has 0 fully saturated rings. The number of benzene rings is 2. The van der Waals surface area contributed by atoms with Gasteiger partial charge in [-0.25, -0.2) is 0 Å². The molecule has 9 heteroatoms. The minimum Gasteiger partial charge on any atom is -0.351 e. The molecule has 0 aliphatic heterocycles. The molecule has 30 heavy (non-hydrogen) atoms. The number of nitro groups is 1. The van der Waals surface area contributed by atoms with Crippen LogP contribution in [0.5, 0.6) is 0 Å². The first-order valence-corrected chi connectivity index (χ1v) is 10.2. The number of nitro benzene ring substituents is 1. The van der Waals surface area contributed by atoms with E-state index >= 15 is 0 Å². The predicted molar refractivity (Wildman–Crippen MR) is 118 cm³/mol. The van der Waals surface area contributed by atoms with Crippen LogP contribution in [0.25, 0.3) is 6.08 Å². The van der Waals surface area contributed by atoms with Crippen LogP contribution < -0.4 is 15.5 Å². The second-order valence-electron chi connectivity index (χ2n) is 6.93. The van der Waals surface area contributed by atoms with Crippen molar-refractivity contribution in [1.29, 1.82) is 0 Å². The Morgan fingerprint density at radius 2 is 1.73 bits per heavy atom. The van der Waals surface area contributed by atoms with Gasteiger partial charge in [-0.1, -0.05) is 28.1 Å². The average molecular weight is 476 g/mol. The molecule has 8 nitrogen and oxygen atoms in total. The molecule has 0 aliphatic carbocycles. The van der Waals surface area contributed by atoms with Gasteiger partial charge in [0.05, 0.1) is 25.6 Å². The van der Waals surface area contributed by atoms with E-state index in [1.807, 2.05) is 38.4 Å². The number of halogens is 1. The Bertz CT molecular complexity index is 925. The highest BCUT2D eigenvalue weighted by Gasteiger charge is 2.16. The van der Waals surface area contributed by atoms with Gasteiger partial charge in [-0.05, 0) is 35.9 Å². The molecule has 0 saturated carbocycles. The van der Waals surface area contributed by atoms with Crippen LogP contribution in [0.1, 0.15) is 22.3 Å². The third-order valence-corrected chi connectivity index (χ3v) is 4.68. The van der Waals surface area contributed by atoms with Gasteiger partial charge in [0.15, 0.2) is 0 Å². The van der Waals surface area contributed by atoms with Crippen molar-refractivity contribution in [3.8, 4) is 0 Å². The van der Waals surface area contributed by atoms with Crippen LogP contribution in [0.2, 0.25) is 0 Å². The summed E-state index contributed by atoms with van der Waals surface area (Å²) in [7, 11) is 4.07. The number of rotatable bonds is 9. The van der Waals surface area contributed by atoms with E-state index in [0.29, 0.717) is 6.54 Å². The molecular formula is C21H24BrN4O4+. The number of carbonyl (C=O) groups excluding carboxylic acids is 2. The standard InChI is InChI=1S/C21H23BrN4O4/c1-25(2)13-3-12-23-21(28)19(14-15-4-8-17(22)9-5-15)24-20(27)16-6-10-18(11-7-16)26(29)30/h4-11,14H,3,12-13H2,1-2H3,(H,23,28)(H,24,27)/p+1/b19-14+. The summed E-state index contributed by atoms with van der Waals surface area (Å²) in [5.41, 5.74) is 0.937. The molecule has 0 bridgehead atoms. The Balaban J connectivity index is 2.17. The molecular weight excluding hydrogens is 452 g/mol. The van der Waals surface area contributed by atoms with E-state index in [2.05, 4.69) is 26.6 Å². The Kier molecular flexibility index (Phi) is 8.70. The molecule has 0 radical (unpaired) electrons. The number of non-ortho nitro benzene ring substituents is 1. The largest absolute Gasteiger partial charge is 0.351 e. The van der Waals surface area contributed by atoms with Crippen LogP contribution in [0.15, 0.2) is 58.7 Å². The van der Waals surface area contributed by atoms with Crippen molar-refractivity contribution in [3.05, 3.63) is 79.9 Å². The molecule has 0 spiro atoms. The molecule has 2 amide bonds. The maximum Gasteiger partial charge on any atom is 0.269 e. The topological polar surface area (TPSA) is 106 Å². The van der Waals surface area contributed by atoms with Crippen LogP contribution in [0, 0.1) is 10.1 Å². The summed E-state index contributed by atoms with van der Waals surface area (Å²) in [5, 5.41) is 16.2. The van der Waals surface area contributed by atoms with Gasteiger partial charge in [-0.15, -0.1) is 0 Å². The first-order valence-electron chi connectivity index (χ1n) is 9.36. The summed E-state index contributed by atoms with van der Waals surface area (Å²) in [6.07, 6.45) is 2.39.